The molecule has 0 bridgehead atoms. The van der Waals surface area contributed by atoms with Gasteiger partial charge in [-0.15, -0.1) is 0 Å². The highest BCUT2D eigenvalue weighted by Crippen LogP contribution is 2.26. The number of nitrogens with zero attached hydrogens (tertiary/aromatic N) is 1. The van der Waals surface area contributed by atoms with Crippen molar-refractivity contribution in [3.63, 3.8) is 0 Å². The van der Waals surface area contributed by atoms with Crippen molar-refractivity contribution in [2.24, 2.45) is 0 Å². The molecule has 0 N–H and O–H groups in total. The second-order valence-corrected chi connectivity index (χ2v) is 4.83. The molecule has 3 rings (SSSR count). The van der Waals surface area contributed by atoms with Gasteiger partial charge in [-0.2, -0.15) is 8.78 Å². The lowest BCUT2D eigenvalue weighted by atomic mass is 10.2. The van der Waals surface area contributed by atoms with Crippen molar-refractivity contribution in [3.8, 4) is 5.75 Å². The number of rotatable bonds is 4. The highest BCUT2D eigenvalue weighted by Gasteiger charge is 2.09. The van der Waals surface area contributed by atoms with E-state index in [1.807, 2.05) is 18.2 Å². The molecule has 0 aliphatic heterocycles. The molecule has 0 aliphatic rings. The van der Waals surface area contributed by atoms with Gasteiger partial charge in [-0.05, 0) is 35.9 Å². The van der Waals surface area contributed by atoms with Gasteiger partial charge >= 0.3 is 6.61 Å². The fourth-order valence-electron chi connectivity index (χ4n) is 1.93. The highest BCUT2D eigenvalue weighted by atomic mass is 35.5. The van der Waals surface area contributed by atoms with E-state index in [4.69, 9.17) is 16.0 Å². The minimum atomic E-state index is -2.84. The van der Waals surface area contributed by atoms with Crippen molar-refractivity contribution < 1.29 is 17.9 Å². The van der Waals surface area contributed by atoms with E-state index >= 15 is 0 Å². The lowest BCUT2D eigenvalue weighted by Gasteiger charge is -2.03. The first kappa shape index (κ1) is 14.5. The van der Waals surface area contributed by atoms with Gasteiger partial charge in [0, 0.05) is 0 Å². The normalized spacial score (nSPS) is 12.1. The van der Waals surface area contributed by atoms with E-state index in [0.29, 0.717) is 27.6 Å². The minimum Gasteiger partial charge on any atom is -0.435 e. The summed E-state index contributed by atoms with van der Waals surface area (Å²) in [6.07, 6.45) is 1.64. The third-order valence-electron chi connectivity index (χ3n) is 2.90. The summed E-state index contributed by atoms with van der Waals surface area (Å²) < 4.78 is 34.0. The number of fused-ring (bicyclic) bond motifs is 1. The molecule has 3 nitrogen and oxygen atoms in total. The first-order chi connectivity index (χ1) is 10.6. The molecule has 0 fully saturated rings. The standard InChI is InChI=1S/C16H10ClF2NO2/c17-12(15-20-13-3-1-2-4-14(13)22-15)9-10-5-7-11(8-6-10)21-16(18)19/h1-9,16H/b12-9-. The number of alkyl halides is 2. The van der Waals surface area contributed by atoms with Crippen LogP contribution in [0.5, 0.6) is 5.75 Å². The molecule has 0 amide bonds. The largest absolute Gasteiger partial charge is 0.435 e. The van der Waals surface area contributed by atoms with E-state index in [-0.39, 0.29) is 5.75 Å². The van der Waals surface area contributed by atoms with Gasteiger partial charge in [0.25, 0.3) is 0 Å². The van der Waals surface area contributed by atoms with Crippen molar-refractivity contribution in [3.05, 3.63) is 60.0 Å². The Kier molecular flexibility index (Phi) is 4.06. The zero-order valence-electron chi connectivity index (χ0n) is 11.2. The van der Waals surface area contributed by atoms with Gasteiger partial charge in [0.15, 0.2) is 5.58 Å². The van der Waals surface area contributed by atoms with E-state index in [0.717, 1.165) is 0 Å². The Morgan fingerprint density at radius 3 is 2.55 bits per heavy atom. The summed E-state index contributed by atoms with van der Waals surface area (Å²) in [5.74, 6) is 0.390. The average Bonchev–Trinajstić information content (AvgIpc) is 2.93. The summed E-state index contributed by atoms with van der Waals surface area (Å²) in [7, 11) is 0. The molecule has 0 unspecified atom stereocenters. The van der Waals surface area contributed by atoms with E-state index in [9.17, 15) is 8.78 Å². The fourth-order valence-corrected chi connectivity index (χ4v) is 2.13. The summed E-state index contributed by atoms with van der Waals surface area (Å²) in [5, 5.41) is 0.318. The third-order valence-corrected chi connectivity index (χ3v) is 3.17. The molecule has 2 aromatic carbocycles. The molecule has 0 spiro atoms. The predicted octanol–water partition coefficient (Wildman–Crippen LogP) is 5.17. The molecule has 0 atom stereocenters. The Labute approximate surface area is 129 Å². The molecular formula is C16H10ClF2NO2. The van der Waals surface area contributed by atoms with Gasteiger partial charge in [-0.3, -0.25) is 0 Å². The minimum absolute atomic E-state index is 0.0881. The summed E-state index contributed by atoms with van der Waals surface area (Å²) in [6, 6.07) is 13.4. The summed E-state index contributed by atoms with van der Waals surface area (Å²) in [5.41, 5.74) is 2.07. The van der Waals surface area contributed by atoms with Gasteiger partial charge in [-0.25, -0.2) is 4.98 Å². The van der Waals surface area contributed by atoms with Crippen LogP contribution in [0.1, 0.15) is 11.5 Å². The lowest BCUT2D eigenvalue weighted by Crippen LogP contribution is -2.01. The second kappa shape index (κ2) is 6.15. The van der Waals surface area contributed by atoms with Gasteiger partial charge in [-0.1, -0.05) is 35.9 Å². The second-order valence-electron chi connectivity index (χ2n) is 4.43. The molecule has 0 saturated carbocycles. The van der Waals surface area contributed by atoms with Gasteiger partial charge in [0.2, 0.25) is 5.89 Å². The zero-order valence-corrected chi connectivity index (χ0v) is 11.9. The first-order valence-corrected chi connectivity index (χ1v) is 6.77. The van der Waals surface area contributed by atoms with Crippen LogP contribution in [0.25, 0.3) is 22.2 Å². The van der Waals surface area contributed by atoms with Crippen molar-refractivity contribution in [2.45, 2.75) is 6.61 Å². The van der Waals surface area contributed by atoms with Crippen LogP contribution >= 0.6 is 11.6 Å². The maximum absolute atomic E-state index is 12.1. The Bertz CT molecular complexity index is 779. The summed E-state index contributed by atoms with van der Waals surface area (Å²) in [4.78, 5) is 4.27. The molecule has 0 aliphatic carbocycles. The van der Waals surface area contributed by atoms with Crippen molar-refractivity contribution in [2.75, 3.05) is 0 Å². The number of ether oxygens (including phenoxy) is 1. The number of halogens is 3. The van der Waals surface area contributed by atoms with Gasteiger partial charge < -0.3 is 9.15 Å². The fraction of sp³-hybridized carbons (Fsp3) is 0.0625. The maximum Gasteiger partial charge on any atom is 0.387 e. The number of hydrogen-bond donors (Lipinski definition) is 0. The van der Waals surface area contributed by atoms with Crippen LogP contribution in [-0.4, -0.2) is 11.6 Å². The Morgan fingerprint density at radius 2 is 1.86 bits per heavy atom. The lowest BCUT2D eigenvalue weighted by molar-refractivity contribution is -0.0498. The van der Waals surface area contributed by atoms with Crippen LogP contribution in [0.15, 0.2) is 52.9 Å². The van der Waals surface area contributed by atoms with Crippen LogP contribution in [0.3, 0.4) is 0 Å². The molecule has 112 valence electrons. The molecule has 1 heterocycles. The number of benzene rings is 2. The van der Waals surface area contributed by atoms with E-state index in [1.165, 1.54) is 12.1 Å². The Balaban J connectivity index is 1.84. The van der Waals surface area contributed by atoms with Crippen LogP contribution < -0.4 is 4.74 Å². The molecule has 0 radical (unpaired) electrons. The zero-order chi connectivity index (χ0) is 15.5. The molecule has 6 heteroatoms. The molecule has 1 aromatic heterocycles. The van der Waals surface area contributed by atoms with E-state index in [1.54, 1.807) is 24.3 Å². The van der Waals surface area contributed by atoms with E-state index in [2.05, 4.69) is 9.72 Å². The van der Waals surface area contributed by atoms with Crippen molar-refractivity contribution >= 4 is 33.8 Å². The topological polar surface area (TPSA) is 35.3 Å². The first-order valence-electron chi connectivity index (χ1n) is 6.40. The molecule has 3 aromatic rings. The molecule has 22 heavy (non-hydrogen) atoms. The van der Waals surface area contributed by atoms with Crippen molar-refractivity contribution in [1.29, 1.82) is 0 Å². The third kappa shape index (κ3) is 3.26. The number of aromatic nitrogens is 1. The monoisotopic (exact) mass is 321 g/mol. The average molecular weight is 322 g/mol. The van der Waals surface area contributed by atoms with Crippen molar-refractivity contribution in [1.82, 2.24) is 4.98 Å². The van der Waals surface area contributed by atoms with Gasteiger partial charge in [0.05, 0.1) is 0 Å². The van der Waals surface area contributed by atoms with Gasteiger partial charge in [0.1, 0.15) is 16.3 Å². The van der Waals surface area contributed by atoms with Crippen LogP contribution in [0.2, 0.25) is 0 Å². The quantitative estimate of drug-likeness (QED) is 0.665. The smallest absolute Gasteiger partial charge is 0.387 e. The number of oxazole rings is 1. The highest BCUT2D eigenvalue weighted by molar-refractivity contribution is 6.50. The van der Waals surface area contributed by atoms with Crippen LogP contribution in [0, 0.1) is 0 Å². The number of hydrogen-bond acceptors (Lipinski definition) is 3. The predicted molar refractivity (Wildman–Crippen MR) is 80.8 cm³/mol. The molecule has 0 saturated heterocycles. The Hall–Kier alpha value is -2.40. The summed E-state index contributed by atoms with van der Waals surface area (Å²) >= 11 is 6.19. The molecular weight excluding hydrogens is 312 g/mol. The maximum atomic E-state index is 12.1. The number of para-hydroxylation sites is 2. The van der Waals surface area contributed by atoms with Crippen LogP contribution in [0.4, 0.5) is 8.78 Å². The summed E-state index contributed by atoms with van der Waals surface area (Å²) in [6.45, 7) is -2.84. The Morgan fingerprint density at radius 1 is 1.14 bits per heavy atom. The van der Waals surface area contributed by atoms with Crippen LogP contribution in [-0.2, 0) is 0 Å². The SMILES string of the molecule is FC(F)Oc1ccc(/C=C(\Cl)c2nc3ccccc3o2)cc1. The van der Waals surface area contributed by atoms with E-state index < -0.39 is 6.61 Å².